The Kier molecular flexibility index (Phi) is 4.65. The summed E-state index contributed by atoms with van der Waals surface area (Å²) in [4.78, 5) is 11.9. The van der Waals surface area contributed by atoms with Crippen LogP contribution in [-0.4, -0.2) is 47.2 Å². The summed E-state index contributed by atoms with van der Waals surface area (Å²) in [5.41, 5.74) is 4.25. The van der Waals surface area contributed by atoms with E-state index in [2.05, 4.69) is 35.0 Å². The molecule has 0 spiro atoms. The van der Waals surface area contributed by atoms with Gasteiger partial charge in [0.15, 0.2) is 0 Å². The number of benzene rings is 1. The molecule has 1 saturated heterocycles. The molecule has 0 amide bonds. The summed E-state index contributed by atoms with van der Waals surface area (Å²) < 4.78 is 5.51. The highest BCUT2D eigenvalue weighted by atomic mass is 16.5. The molecule has 4 heteroatoms. The van der Waals surface area contributed by atoms with E-state index in [-0.39, 0.29) is 0 Å². The van der Waals surface area contributed by atoms with Crippen LogP contribution in [-0.2, 0) is 16.6 Å². The van der Waals surface area contributed by atoms with Gasteiger partial charge >= 0.3 is 0 Å². The maximum Gasteiger partial charge on any atom is 0.116 e. The highest BCUT2D eigenvalue weighted by molar-refractivity contribution is 5.81. The SMILES string of the molecule is CC1(c2ccc3ncnc(CC4CCC(N5CCOCC5)CC4)c3c2)CC1. The molecule has 0 bridgehead atoms. The van der Waals surface area contributed by atoms with Crippen molar-refractivity contribution in [3.05, 3.63) is 35.8 Å². The van der Waals surface area contributed by atoms with Crippen LogP contribution >= 0.6 is 0 Å². The summed E-state index contributed by atoms with van der Waals surface area (Å²) in [6, 6.07) is 7.64. The van der Waals surface area contributed by atoms with Crippen LogP contribution in [0.15, 0.2) is 24.5 Å². The summed E-state index contributed by atoms with van der Waals surface area (Å²) in [5, 5.41) is 1.29. The third-order valence-electron chi connectivity index (χ3n) is 7.28. The number of nitrogens with zero attached hydrogens (tertiary/aromatic N) is 3. The highest BCUT2D eigenvalue weighted by Crippen LogP contribution is 2.48. The smallest absolute Gasteiger partial charge is 0.116 e. The van der Waals surface area contributed by atoms with Crippen LogP contribution in [0.4, 0.5) is 0 Å². The standard InChI is InChI=1S/C23H31N3O/c1-23(8-9-23)18-4-7-21-20(15-18)22(25-16-24-21)14-17-2-5-19(6-3-17)26-10-12-27-13-11-26/h4,7,15-17,19H,2-3,5-6,8-14H2,1H3. The molecule has 5 rings (SSSR count). The van der Waals surface area contributed by atoms with E-state index in [0.717, 1.165) is 50.2 Å². The molecule has 0 N–H and O–H groups in total. The Morgan fingerprint density at radius 2 is 1.85 bits per heavy atom. The Labute approximate surface area is 162 Å². The summed E-state index contributed by atoms with van der Waals surface area (Å²) in [7, 11) is 0. The minimum Gasteiger partial charge on any atom is -0.379 e. The second-order valence-electron chi connectivity index (χ2n) is 9.14. The molecule has 0 radical (unpaired) electrons. The van der Waals surface area contributed by atoms with E-state index in [1.165, 1.54) is 55.2 Å². The van der Waals surface area contributed by atoms with Crippen molar-refractivity contribution in [2.45, 2.75) is 63.3 Å². The Bertz CT molecular complexity index is 802. The molecule has 3 aliphatic rings. The molecule has 2 aromatic rings. The van der Waals surface area contributed by atoms with Crippen molar-refractivity contribution >= 4 is 10.9 Å². The molecule has 144 valence electrons. The molecule has 1 aromatic carbocycles. The van der Waals surface area contributed by atoms with Crippen molar-refractivity contribution in [1.29, 1.82) is 0 Å². The van der Waals surface area contributed by atoms with Crippen LogP contribution in [0, 0.1) is 5.92 Å². The maximum absolute atomic E-state index is 5.51. The number of aromatic nitrogens is 2. The van der Waals surface area contributed by atoms with Gasteiger partial charge in [-0.2, -0.15) is 0 Å². The molecule has 0 atom stereocenters. The van der Waals surface area contributed by atoms with Gasteiger partial charge < -0.3 is 4.74 Å². The third kappa shape index (κ3) is 3.62. The monoisotopic (exact) mass is 365 g/mol. The second kappa shape index (κ2) is 7.14. The van der Waals surface area contributed by atoms with Gasteiger partial charge in [0.1, 0.15) is 6.33 Å². The van der Waals surface area contributed by atoms with Crippen LogP contribution in [0.1, 0.15) is 56.7 Å². The first-order chi connectivity index (χ1) is 13.2. The van der Waals surface area contributed by atoms with Gasteiger partial charge in [0.25, 0.3) is 0 Å². The molecular formula is C23H31N3O. The molecule has 4 nitrogen and oxygen atoms in total. The van der Waals surface area contributed by atoms with Gasteiger partial charge in [-0.3, -0.25) is 4.90 Å². The number of fused-ring (bicyclic) bond motifs is 1. The fraction of sp³-hybridized carbons (Fsp3) is 0.652. The lowest BCUT2D eigenvalue weighted by atomic mass is 9.82. The first-order valence-electron chi connectivity index (χ1n) is 10.8. The molecule has 27 heavy (non-hydrogen) atoms. The second-order valence-corrected chi connectivity index (χ2v) is 9.14. The number of rotatable bonds is 4. The highest BCUT2D eigenvalue weighted by Gasteiger charge is 2.39. The maximum atomic E-state index is 5.51. The summed E-state index contributed by atoms with van der Waals surface area (Å²) in [6.07, 6.45) is 10.8. The van der Waals surface area contributed by atoms with Crippen molar-refractivity contribution < 1.29 is 4.74 Å². The topological polar surface area (TPSA) is 38.2 Å². The average Bonchev–Trinajstić information content (AvgIpc) is 3.48. The Hall–Kier alpha value is -1.52. The van der Waals surface area contributed by atoms with Gasteiger partial charge in [0.05, 0.1) is 24.4 Å². The van der Waals surface area contributed by atoms with Gasteiger partial charge in [-0.25, -0.2) is 9.97 Å². The predicted molar refractivity (Wildman–Crippen MR) is 108 cm³/mol. The van der Waals surface area contributed by atoms with Crippen LogP contribution in [0.5, 0.6) is 0 Å². The van der Waals surface area contributed by atoms with E-state index in [0.29, 0.717) is 5.41 Å². The Morgan fingerprint density at radius 3 is 2.59 bits per heavy atom. The fourth-order valence-corrected chi connectivity index (χ4v) is 5.05. The summed E-state index contributed by atoms with van der Waals surface area (Å²) in [5.74, 6) is 0.764. The zero-order valence-electron chi connectivity index (χ0n) is 16.5. The van der Waals surface area contributed by atoms with E-state index in [9.17, 15) is 0 Å². The van der Waals surface area contributed by atoms with Crippen LogP contribution < -0.4 is 0 Å². The first-order valence-corrected chi connectivity index (χ1v) is 10.8. The van der Waals surface area contributed by atoms with Crippen LogP contribution in [0.25, 0.3) is 10.9 Å². The molecule has 0 unspecified atom stereocenters. The first kappa shape index (κ1) is 17.6. The van der Waals surface area contributed by atoms with Gasteiger partial charge in [-0.1, -0.05) is 13.0 Å². The molecule has 2 saturated carbocycles. The third-order valence-corrected chi connectivity index (χ3v) is 7.28. The van der Waals surface area contributed by atoms with E-state index < -0.39 is 0 Å². The lowest BCUT2D eigenvalue weighted by Gasteiger charge is -2.38. The molecule has 2 heterocycles. The van der Waals surface area contributed by atoms with Crippen LogP contribution in [0.3, 0.4) is 0 Å². The van der Waals surface area contributed by atoms with Crippen molar-refractivity contribution in [2.75, 3.05) is 26.3 Å². The van der Waals surface area contributed by atoms with Gasteiger partial charge in [-0.15, -0.1) is 0 Å². The Morgan fingerprint density at radius 1 is 1.07 bits per heavy atom. The largest absolute Gasteiger partial charge is 0.379 e. The van der Waals surface area contributed by atoms with E-state index in [1.807, 2.05) is 0 Å². The lowest BCUT2D eigenvalue weighted by Crippen LogP contribution is -2.45. The van der Waals surface area contributed by atoms with E-state index in [4.69, 9.17) is 9.72 Å². The van der Waals surface area contributed by atoms with Crippen molar-refractivity contribution in [3.8, 4) is 0 Å². The normalized spacial score (nSPS) is 28.3. The van der Waals surface area contributed by atoms with Gasteiger partial charge in [0.2, 0.25) is 0 Å². The molecule has 3 fully saturated rings. The average molecular weight is 366 g/mol. The minimum atomic E-state index is 0.400. The van der Waals surface area contributed by atoms with Crippen molar-refractivity contribution in [2.24, 2.45) is 5.92 Å². The quantitative estimate of drug-likeness (QED) is 0.817. The lowest BCUT2D eigenvalue weighted by molar-refractivity contribution is 0.00494. The number of hydrogen-bond donors (Lipinski definition) is 0. The van der Waals surface area contributed by atoms with Crippen molar-refractivity contribution in [1.82, 2.24) is 14.9 Å². The predicted octanol–water partition coefficient (Wildman–Crippen LogP) is 4.11. The van der Waals surface area contributed by atoms with E-state index in [1.54, 1.807) is 6.33 Å². The zero-order valence-corrected chi connectivity index (χ0v) is 16.5. The molecule has 1 aromatic heterocycles. The van der Waals surface area contributed by atoms with Crippen LogP contribution in [0.2, 0.25) is 0 Å². The zero-order chi connectivity index (χ0) is 18.3. The Balaban J connectivity index is 1.29. The number of morpholine rings is 1. The van der Waals surface area contributed by atoms with Crippen molar-refractivity contribution in [3.63, 3.8) is 0 Å². The number of ether oxygens (including phenoxy) is 1. The number of hydrogen-bond acceptors (Lipinski definition) is 4. The molecular weight excluding hydrogens is 334 g/mol. The minimum absolute atomic E-state index is 0.400. The van der Waals surface area contributed by atoms with Gasteiger partial charge in [0, 0.05) is 24.5 Å². The fourth-order valence-electron chi connectivity index (χ4n) is 5.05. The summed E-state index contributed by atoms with van der Waals surface area (Å²) >= 11 is 0. The van der Waals surface area contributed by atoms with Gasteiger partial charge in [-0.05, 0) is 74.0 Å². The molecule has 1 aliphatic heterocycles. The summed E-state index contributed by atoms with van der Waals surface area (Å²) in [6.45, 7) is 6.44. The molecule has 2 aliphatic carbocycles. The van der Waals surface area contributed by atoms with E-state index >= 15 is 0 Å².